The lowest BCUT2D eigenvalue weighted by Gasteiger charge is -2.26. The molecule has 0 saturated carbocycles. The Balaban J connectivity index is 1.98. The Labute approximate surface area is 129 Å². The number of aromatic nitrogens is 1. The van der Waals surface area contributed by atoms with Crippen molar-refractivity contribution in [2.75, 3.05) is 38.1 Å². The van der Waals surface area contributed by atoms with Crippen LogP contribution in [-0.2, 0) is 14.9 Å². The fourth-order valence-electron chi connectivity index (χ4n) is 2.35. The summed E-state index contributed by atoms with van der Waals surface area (Å²) in [5.74, 6) is 0.570. The Hall–Kier alpha value is -1.90. The van der Waals surface area contributed by atoms with Gasteiger partial charge in [0, 0.05) is 30.7 Å². The highest BCUT2D eigenvalue weighted by Gasteiger charge is 2.25. The summed E-state index contributed by atoms with van der Waals surface area (Å²) >= 11 is 0. The molecule has 2 aromatic rings. The highest BCUT2D eigenvalue weighted by Crippen LogP contribution is 2.28. The predicted octanol–water partition coefficient (Wildman–Crippen LogP) is 1.23. The summed E-state index contributed by atoms with van der Waals surface area (Å²) < 4.78 is 39.4. The summed E-state index contributed by atoms with van der Waals surface area (Å²) in [7, 11) is -2.11. The summed E-state index contributed by atoms with van der Waals surface area (Å²) in [5, 5.41) is 0.807. The normalized spacial score (nSPS) is 16.6. The van der Waals surface area contributed by atoms with Crippen molar-refractivity contribution in [3.8, 4) is 5.75 Å². The summed E-state index contributed by atoms with van der Waals surface area (Å²) in [6.07, 6.45) is 1.63. The van der Waals surface area contributed by atoms with Crippen molar-refractivity contribution < 1.29 is 17.9 Å². The van der Waals surface area contributed by atoms with Gasteiger partial charge in [0.2, 0.25) is 0 Å². The van der Waals surface area contributed by atoms with Crippen LogP contribution in [0.5, 0.6) is 5.75 Å². The van der Waals surface area contributed by atoms with E-state index in [9.17, 15) is 8.42 Å². The molecule has 3 rings (SSSR count). The van der Waals surface area contributed by atoms with Crippen LogP contribution in [0.4, 0.5) is 5.69 Å². The van der Waals surface area contributed by atoms with E-state index >= 15 is 0 Å². The van der Waals surface area contributed by atoms with Crippen LogP contribution in [0.1, 0.15) is 0 Å². The molecule has 1 saturated heterocycles. The molecule has 1 aliphatic rings. The molecule has 0 aliphatic carbocycles. The molecule has 1 N–H and O–H groups in total. The molecule has 1 aromatic heterocycles. The van der Waals surface area contributed by atoms with E-state index in [1.807, 2.05) is 12.1 Å². The van der Waals surface area contributed by atoms with Crippen LogP contribution in [0.2, 0.25) is 0 Å². The minimum atomic E-state index is -3.65. The summed E-state index contributed by atoms with van der Waals surface area (Å²) in [5.41, 5.74) is 0.988. The van der Waals surface area contributed by atoms with Gasteiger partial charge >= 0.3 is 10.2 Å². The number of hydrogen-bond acceptors (Lipinski definition) is 5. The van der Waals surface area contributed by atoms with Crippen molar-refractivity contribution in [2.45, 2.75) is 0 Å². The second-order valence-corrected chi connectivity index (χ2v) is 6.54. The number of hydrogen-bond donors (Lipinski definition) is 1. The molecule has 0 spiro atoms. The van der Waals surface area contributed by atoms with E-state index in [0.29, 0.717) is 43.3 Å². The van der Waals surface area contributed by atoms with E-state index in [1.54, 1.807) is 18.3 Å². The van der Waals surface area contributed by atoms with Gasteiger partial charge < -0.3 is 9.47 Å². The molecule has 22 heavy (non-hydrogen) atoms. The van der Waals surface area contributed by atoms with Gasteiger partial charge in [-0.1, -0.05) is 6.07 Å². The number of methoxy groups -OCH3 is 1. The van der Waals surface area contributed by atoms with Gasteiger partial charge in [0.15, 0.2) is 0 Å². The fourth-order valence-corrected chi connectivity index (χ4v) is 3.54. The van der Waals surface area contributed by atoms with Crippen LogP contribution in [0.25, 0.3) is 10.9 Å². The molecular weight excluding hydrogens is 306 g/mol. The minimum absolute atomic E-state index is 0.338. The van der Waals surface area contributed by atoms with Crippen LogP contribution < -0.4 is 9.46 Å². The number of pyridine rings is 1. The fraction of sp³-hybridized carbons (Fsp3) is 0.357. The maximum Gasteiger partial charge on any atom is 0.301 e. The third-order valence-electron chi connectivity index (χ3n) is 3.46. The summed E-state index contributed by atoms with van der Waals surface area (Å²) in [6.45, 7) is 1.48. The number of benzene rings is 1. The van der Waals surface area contributed by atoms with Crippen LogP contribution in [-0.4, -0.2) is 51.1 Å². The summed E-state index contributed by atoms with van der Waals surface area (Å²) in [4.78, 5) is 4.26. The first kappa shape index (κ1) is 15.0. The molecule has 7 nitrogen and oxygen atoms in total. The Morgan fingerprint density at radius 2 is 2.09 bits per heavy atom. The lowest BCUT2D eigenvalue weighted by Crippen LogP contribution is -2.43. The Morgan fingerprint density at radius 1 is 1.32 bits per heavy atom. The van der Waals surface area contributed by atoms with E-state index in [4.69, 9.17) is 9.47 Å². The molecule has 0 atom stereocenters. The van der Waals surface area contributed by atoms with Gasteiger partial charge in [-0.25, -0.2) is 0 Å². The van der Waals surface area contributed by atoms with Crippen LogP contribution in [0, 0.1) is 0 Å². The number of anilines is 1. The summed E-state index contributed by atoms with van der Waals surface area (Å²) in [6, 6.07) is 7.10. The first-order valence-corrected chi connectivity index (χ1v) is 8.32. The van der Waals surface area contributed by atoms with Crippen molar-refractivity contribution in [3.63, 3.8) is 0 Å². The van der Waals surface area contributed by atoms with E-state index in [0.717, 1.165) is 5.39 Å². The molecular formula is C14H17N3O4S. The molecule has 8 heteroatoms. The molecule has 1 aromatic carbocycles. The molecule has 0 amide bonds. The van der Waals surface area contributed by atoms with Crippen molar-refractivity contribution in [1.29, 1.82) is 0 Å². The third kappa shape index (κ3) is 2.99. The van der Waals surface area contributed by atoms with Gasteiger partial charge in [0.25, 0.3) is 0 Å². The Morgan fingerprint density at radius 3 is 2.82 bits per heavy atom. The average Bonchev–Trinajstić information content (AvgIpc) is 2.55. The number of nitrogens with one attached hydrogen (secondary N) is 1. The second kappa shape index (κ2) is 6.07. The standard InChI is InChI=1S/C14H17N3O4S/c1-20-12-9-11-3-2-4-15-14(11)13(10-12)16-22(18,19)17-5-7-21-8-6-17/h2-4,9-10,16H,5-8H2,1H3. The molecule has 0 unspecified atom stereocenters. The van der Waals surface area contributed by atoms with E-state index in [2.05, 4.69) is 9.71 Å². The molecule has 1 fully saturated rings. The monoisotopic (exact) mass is 323 g/mol. The van der Waals surface area contributed by atoms with Gasteiger partial charge in [-0.3, -0.25) is 9.71 Å². The maximum atomic E-state index is 12.5. The number of fused-ring (bicyclic) bond motifs is 1. The van der Waals surface area contributed by atoms with Gasteiger partial charge in [-0.05, 0) is 12.1 Å². The van der Waals surface area contributed by atoms with E-state index < -0.39 is 10.2 Å². The number of morpholine rings is 1. The predicted molar refractivity (Wildman–Crippen MR) is 83.2 cm³/mol. The third-order valence-corrected chi connectivity index (χ3v) is 4.99. The second-order valence-electron chi connectivity index (χ2n) is 4.87. The van der Waals surface area contributed by atoms with Crippen LogP contribution in [0.3, 0.4) is 0 Å². The van der Waals surface area contributed by atoms with Gasteiger partial charge in [-0.15, -0.1) is 0 Å². The van der Waals surface area contributed by atoms with Crippen molar-refractivity contribution in [1.82, 2.24) is 9.29 Å². The van der Waals surface area contributed by atoms with Crippen molar-refractivity contribution in [2.24, 2.45) is 0 Å². The molecule has 2 heterocycles. The SMILES string of the molecule is COc1cc(NS(=O)(=O)N2CCOCC2)c2ncccc2c1. The van der Waals surface area contributed by atoms with Crippen molar-refractivity contribution in [3.05, 3.63) is 30.5 Å². The van der Waals surface area contributed by atoms with Gasteiger partial charge in [-0.2, -0.15) is 12.7 Å². The zero-order valence-corrected chi connectivity index (χ0v) is 13.0. The molecule has 0 radical (unpaired) electrons. The minimum Gasteiger partial charge on any atom is -0.497 e. The largest absolute Gasteiger partial charge is 0.497 e. The first-order chi connectivity index (χ1) is 10.6. The van der Waals surface area contributed by atoms with Gasteiger partial charge in [0.05, 0.1) is 31.5 Å². The highest BCUT2D eigenvalue weighted by atomic mass is 32.2. The van der Waals surface area contributed by atoms with Crippen LogP contribution in [0.15, 0.2) is 30.5 Å². The number of ether oxygens (including phenoxy) is 2. The Kier molecular flexibility index (Phi) is 4.14. The first-order valence-electron chi connectivity index (χ1n) is 6.88. The average molecular weight is 323 g/mol. The van der Waals surface area contributed by atoms with Crippen molar-refractivity contribution >= 4 is 26.8 Å². The number of rotatable bonds is 4. The topological polar surface area (TPSA) is 80.8 Å². The quantitative estimate of drug-likeness (QED) is 0.915. The molecule has 118 valence electrons. The molecule has 1 aliphatic heterocycles. The smallest absolute Gasteiger partial charge is 0.301 e. The lowest BCUT2D eigenvalue weighted by molar-refractivity contribution is 0.0733. The maximum absolute atomic E-state index is 12.5. The Bertz CT molecular complexity index is 773. The highest BCUT2D eigenvalue weighted by molar-refractivity contribution is 7.90. The van der Waals surface area contributed by atoms with E-state index in [-0.39, 0.29) is 0 Å². The zero-order valence-electron chi connectivity index (χ0n) is 12.2. The number of nitrogens with zero attached hydrogens (tertiary/aromatic N) is 2. The molecule has 0 bridgehead atoms. The zero-order chi connectivity index (χ0) is 15.6. The van der Waals surface area contributed by atoms with Gasteiger partial charge in [0.1, 0.15) is 5.75 Å². The lowest BCUT2D eigenvalue weighted by atomic mass is 10.2. The van der Waals surface area contributed by atoms with Crippen LogP contribution >= 0.6 is 0 Å². The van der Waals surface area contributed by atoms with E-state index in [1.165, 1.54) is 11.4 Å².